The highest BCUT2D eigenvalue weighted by molar-refractivity contribution is 5.85. The van der Waals surface area contributed by atoms with Gasteiger partial charge >= 0.3 is 0 Å². The maximum Gasteiger partial charge on any atom is 0.0708 e. The van der Waals surface area contributed by atoms with Crippen molar-refractivity contribution in [2.24, 2.45) is 0 Å². The quantitative estimate of drug-likeness (QED) is 0.143. The normalized spacial score (nSPS) is 13.6. The van der Waals surface area contributed by atoms with Crippen molar-refractivity contribution in [2.45, 2.75) is 71.1 Å². The first-order valence-corrected chi connectivity index (χ1v) is 19.2. The summed E-state index contributed by atoms with van der Waals surface area (Å²) in [7, 11) is 0. The number of aryl methyl sites for hydroxylation is 3. The van der Waals surface area contributed by atoms with Gasteiger partial charge in [-0.25, -0.2) is 0 Å². The molecule has 2 nitrogen and oxygen atoms in total. The van der Waals surface area contributed by atoms with Crippen LogP contribution in [0.4, 0.5) is 0 Å². The molecule has 5 aromatic carbocycles. The molecule has 0 atom stereocenters. The van der Waals surface area contributed by atoms with Gasteiger partial charge < -0.3 is 0 Å². The molecule has 262 valence electrons. The lowest BCUT2D eigenvalue weighted by atomic mass is 9.91. The second kappa shape index (κ2) is 15.6. The van der Waals surface area contributed by atoms with Crippen molar-refractivity contribution in [3.05, 3.63) is 180 Å². The van der Waals surface area contributed by atoms with E-state index >= 15 is 0 Å². The van der Waals surface area contributed by atoms with Gasteiger partial charge in [-0.2, -0.15) is 0 Å². The molecule has 0 radical (unpaired) electrons. The van der Waals surface area contributed by atoms with Crippen molar-refractivity contribution < 1.29 is 1.37 Å². The smallest absolute Gasteiger partial charge is 0.0708 e. The summed E-state index contributed by atoms with van der Waals surface area (Å²) >= 11 is 0. The van der Waals surface area contributed by atoms with Crippen molar-refractivity contribution in [3.8, 4) is 55.9 Å². The minimum Gasteiger partial charge on any atom is -0.256 e. The Balaban J connectivity index is 0.969. The van der Waals surface area contributed by atoms with Gasteiger partial charge in [0.2, 0.25) is 0 Å². The third kappa shape index (κ3) is 7.93. The lowest BCUT2D eigenvalue weighted by Crippen LogP contribution is -1.95. The Kier molecular flexibility index (Phi) is 9.76. The molecule has 1 fully saturated rings. The number of nitrogens with zero attached hydrogens (tertiary/aromatic N) is 2. The summed E-state index contributed by atoms with van der Waals surface area (Å²) in [5, 5.41) is 0. The maximum atomic E-state index is 8.26. The predicted molar refractivity (Wildman–Crippen MR) is 223 cm³/mol. The molecule has 0 bridgehead atoms. The zero-order chi connectivity index (χ0) is 37.1. The van der Waals surface area contributed by atoms with Crippen LogP contribution in [0, 0.1) is 6.92 Å². The van der Waals surface area contributed by atoms with Gasteiger partial charge in [-0.3, -0.25) is 9.97 Å². The number of hydrogen-bond donors (Lipinski definition) is 0. The first-order valence-electron chi connectivity index (χ1n) is 19.7. The lowest BCUT2D eigenvalue weighted by molar-refractivity contribution is 0.723. The Morgan fingerprint density at radius 3 is 1.91 bits per heavy atom. The van der Waals surface area contributed by atoms with Crippen LogP contribution in [0.2, 0.25) is 0 Å². The predicted octanol–water partition coefficient (Wildman–Crippen LogP) is 13.7. The Labute approximate surface area is 317 Å². The number of pyridine rings is 2. The van der Waals surface area contributed by atoms with E-state index in [1.807, 2.05) is 38.4 Å². The molecular formula is C51H48N2. The van der Waals surface area contributed by atoms with Crippen LogP contribution in [0.3, 0.4) is 0 Å². The van der Waals surface area contributed by atoms with Gasteiger partial charge in [-0.1, -0.05) is 154 Å². The van der Waals surface area contributed by atoms with Crippen LogP contribution in [-0.2, 0) is 12.8 Å². The topological polar surface area (TPSA) is 25.8 Å². The van der Waals surface area contributed by atoms with Crippen LogP contribution in [-0.4, -0.2) is 9.97 Å². The molecule has 0 aliphatic heterocycles. The minimum atomic E-state index is -0.646. The van der Waals surface area contributed by atoms with Crippen molar-refractivity contribution in [1.82, 2.24) is 9.97 Å². The van der Waals surface area contributed by atoms with E-state index in [-0.39, 0.29) is 0 Å². The summed E-state index contributed by atoms with van der Waals surface area (Å²) in [5.41, 5.74) is 17.8. The van der Waals surface area contributed by atoms with E-state index < -0.39 is 5.89 Å². The van der Waals surface area contributed by atoms with E-state index in [9.17, 15) is 0 Å². The molecule has 1 saturated carbocycles. The van der Waals surface area contributed by atoms with Crippen LogP contribution in [0.25, 0.3) is 55.9 Å². The van der Waals surface area contributed by atoms with Crippen molar-refractivity contribution in [1.29, 1.82) is 0 Å². The Morgan fingerprint density at radius 1 is 0.566 bits per heavy atom. The summed E-state index contributed by atoms with van der Waals surface area (Å²) in [6.07, 6.45) is 11.1. The third-order valence-electron chi connectivity index (χ3n) is 11.0. The van der Waals surface area contributed by atoms with Crippen LogP contribution in [0.15, 0.2) is 152 Å². The number of benzene rings is 5. The molecule has 7 aromatic rings. The standard InChI is InChI=1S/C51H48N2/c1-35(2)46-26-27-50(53-34-46)43-16-14-37(15-17-43)12-13-38-30-36(3)31-47(32-38)49-11-7-6-10-48(49)42-22-24-44(25-23-42)51-33-45(28-29-52-51)41-20-18-40(19-21-41)39-8-4-5-9-39/h6-7,10-11,14-35,39H,4-5,8-9,12-13H2,1-3H3/i35D. The molecule has 2 aromatic heterocycles. The van der Waals surface area contributed by atoms with E-state index in [1.54, 1.807) is 0 Å². The molecule has 1 aliphatic carbocycles. The Hall–Kier alpha value is -5.60. The largest absolute Gasteiger partial charge is 0.256 e. The van der Waals surface area contributed by atoms with Crippen molar-refractivity contribution in [2.75, 3.05) is 0 Å². The SMILES string of the molecule is [2H]C(C)(C)c1ccc(-c2ccc(CCc3cc(C)cc(-c4ccccc4-c4ccc(-c5cc(-c6ccc(C7CCCC7)cc6)ccn5)cc4)c3)cc2)nc1. The average Bonchev–Trinajstić information content (AvgIpc) is 3.76. The molecule has 53 heavy (non-hydrogen) atoms. The van der Waals surface area contributed by atoms with Gasteiger partial charge in [0.05, 0.1) is 11.4 Å². The van der Waals surface area contributed by atoms with Crippen molar-refractivity contribution in [3.63, 3.8) is 0 Å². The van der Waals surface area contributed by atoms with E-state index in [1.165, 1.54) is 81.3 Å². The maximum absolute atomic E-state index is 8.26. The van der Waals surface area contributed by atoms with Crippen LogP contribution in [0.1, 0.15) is 80.5 Å². The van der Waals surface area contributed by atoms with E-state index in [0.29, 0.717) is 0 Å². The molecule has 8 rings (SSSR count). The lowest BCUT2D eigenvalue weighted by Gasteiger charge is -2.14. The van der Waals surface area contributed by atoms with Crippen LogP contribution >= 0.6 is 0 Å². The monoisotopic (exact) mass is 689 g/mol. The number of hydrogen-bond acceptors (Lipinski definition) is 2. The van der Waals surface area contributed by atoms with Gasteiger partial charge in [0.15, 0.2) is 0 Å². The van der Waals surface area contributed by atoms with Gasteiger partial charge in [0.1, 0.15) is 0 Å². The Morgan fingerprint density at radius 2 is 1.21 bits per heavy atom. The van der Waals surface area contributed by atoms with Gasteiger partial charge in [-0.05, 0) is 118 Å². The summed E-state index contributed by atoms with van der Waals surface area (Å²) in [4.78, 5) is 9.40. The highest BCUT2D eigenvalue weighted by Gasteiger charge is 2.17. The molecule has 0 N–H and O–H groups in total. The Bertz CT molecular complexity index is 2340. The minimum absolute atomic E-state index is 0.646. The highest BCUT2D eigenvalue weighted by atomic mass is 14.7. The molecule has 0 spiro atoms. The summed E-state index contributed by atoms with van der Waals surface area (Å²) in [6.45, 7) is 5.98. The molecule has 2 heterocycles. The average molecular weight is 690 g/mol. The molecule has 2 heteroatoms. The first kappa shape index (κ1) is 33.3. The zero-order valence-electron chi connectivity index (χ0n) is 32.1. The number of rotatable bonds is 10. The summed E-state index contributed by atoms with van der Waals surface area (Å²) in [5.74, 6) is 0.0856. The fourth-order valence-electron chi connectivity index (χ4n) is 7.94. The fourth-order valence-corrected chi connectivity index (χ4v) is 7.94. The van der Waals surface area contributed by atoms with Crippen molar-refractivity contribution >= 4 is 0 Å². The highest BCUT2D eigenvalue weighted by Crippen LogP contribution is 2.37. The van der Waals surface area contributed by atoms with E-state index in [0.717, 1.165) is 46.8 Å². The fraction of sp³-hybridized carbons (Fsp3) is 0.216. The molecule has 0 amide bonds. The summed E-state index contributed by atoms with van der Waals surface area (Å²) in [6, 6.07) is 51.0. The number of aromatic nitrogens is 2. The van der Waals surface area contributed by atoms with Gasteiger partial charge in [0, 0.05) is 24.9 Å². The molecule has 0 saturated heterocycles. The molecular weight excluding hydrogens is 641 g/mol. The van der Waals surface area contributed by atoms with Crippen LogP contribution < -0.4 is 0 Å². The van der Waals surface area contributed by atoms with E-state index in [4.69, 9.17) is 6.35 Å². The molecule has 1 aliphatic rings. The van der Waals surface area contributed by atoms with Gasteiger partial charge in [-0.15, -0.1) is 0 Å². The zero-order valence-corrected chi connectivity index (χ0v) is 31.1. The van der Waals surface area contributed by atoms with Crippen LogP contribution in [0.5, 0.6) is 0 Å². The molecule has 0 unspecified atom stereocenters. The second-order valence-corrected chi connectivity index (χ2v) is 15.0. The van der Waals surface area contributed by atoms with E-state index in [2.05, 4.69) is 139 Å². The van der Waals surface area contributed by atoms with Gasteiger partial charge in [0.25, 0.3) is 0 Å². The first-order chi connectivity index (χ1) is 26.3. The third-order valence-corrected chi connectivity index (χ3v) is 11.0. The second-order valence-electron chi connectivity index (χ2n) is 15.0. The summed E-state index contributed by atoms with van der Waals surface area (Å²) < 4.78 is 8.26.